The molecular weight excluding hydrogens is 1220 g/mol. The zero-order chi connectivity index (χ0) is 55.5. The van der Waals surface area contributed by atoms with Crippen LogP contribution in [-0.2, 0) is 21.1 Å². The summed E-state index contributed by atoms with van der Waals surface area (Å²) in [6, 6.07) is 108. The Kier molecular flexibility index (Phi) is 13.0. The second-order valence-corrected chi connectivity index (χ2v) is 21.1. The average molecular weight is 1270 g/mol. The summed E-state index contributed by atoms with van der Waals surface area (Å²) < 4.78 is 19.5. The van der Waals surface area contributed by atoms with E-state index in [9.17, 15) is 0 Å². The van der Waals surface area contributed by atoms with Crippen LogP contribution in [0.5, 0.6) is 11.5 Å². The minimum absolute atomic E-state index is 0. The van der Waals surface area contributed by atoms with E-state index in [1.807, 2.05) is 42.6 Å². The van der Waals surface area contributed by atoms with E-state index in [0.717, 1.165) is 139 Å². The Hall–Kier alpha value is -10.7. The Morgan fingerprint density at radius 3 is 1.49 bits per heavy atom. The molecule has 12 aromatic carbocycles. The summed E-state index contributed by atoms with van der Waals surface area (Å²) >= 11 is 0. The minimum Gasteiger partial charge on any atom is -0.510 e. The van der Waals surface area contributed by atoms with Crippen LogP contribution in [0.4, 0.5) is 0 Å². The first kappa shape index (κ1) is 51.2. The van der Waals surface area contributed by atoms with Crippen LogP contribution in [0.15, 0.2) is 296 Å². The molecule has 0 aliphatic carbocycles. The number of rotatable bonds is 11. The molecule has 16 aromatic rings. The number of hydrogen-bond acceptors (Lipinski definition) is 3. The van der Waals surface area contributed by atoms with Crippen molar-refractivity contribution >= 4 is 54.8 Å². The first-order valence-corrected chi connectivity index (χ1v) is 28.2. The fourth-order valence-electron chi connectivity index (χ4n) is 12.1. The first-order chi connectivity index (χ1) is 41.6. The molecule has 16 rings (SSSR count). The molecule has 0 saturated heterocycles. The molecule has 85 heavy (non-hydrogen) atoms. The SMILES string of the molecule is [Pt].[c-]1c(Oc2[c-]c3c(cc2)c2ccccc2n3-c2cc3c(cn2)oc2ccccc23)cccc1-n1[c-][n+](-c2c(-c3cc(-c4ccccc4)cc(-c4ccccc4)c3)cccc2-c2cc(-c3ccccc3)cc(-c3ccccc3)c2)c2ccccc21. The van der Waals surface area contributed by atoms with E-state index in [4.69, 9.17) is 14.1 Å². The Bertz CT molecular complexity index is 4910. The fraction of sp³-hybridized carbons (Fsp3) is 0. The van der Waals surface area contributed by atoms with E-state index in [1.165, 1.54) is 0 Å². The van der Waals surface area contributed by atoms with Crippen LogP contribution in [-0.4, -0.2) is 14.1 Å². The summed E-state index contributed by atoms with van der Waals surface area (Å²) in [6.45, 7) is 0. The van der Waals surface area contributed by atoms with Gasteiger partial charge in [-0.15, -0.1) is 29.7 Å². The molecule has 0 fully saturated rings. The number of para-hydroxylation sites is 5. The van der Waals surface area contributed by atoms with Gasteiger partial charge in [-0.1, -0.05) is 206 Å². The van der Waals surface area contributed by atoms with Crippen molar-refractivity contribution in [2.75, 3.05) is 0 Å². The Balaban J connectivity index is 0.00000613. The molecule has 0 N–H and O–H groups in total. The van der Waals surface area contributed by atoms with Crippen LogP contribution in [0.3, 0.4) is 0 Å². The van der Waals surface area contributed by atoms with Gasteiger partial charge in [0, 0.05) is 48.9 Å². The van der Waals surface area contributed by atoms with E-state index in [1.54, 1.807) is 0 Å². The summed E-state index contributed by atoms with van der Waals surface area (Å²) in [6.07, 6.45) is 5.74. The number of pyridine rings is 1. The van der Waals surface area contributed by atoms with Gasteiger partial charge in [-0.05, 0) is 132 Å². The van der Waals surface area contributed by atoms with Crippen LogP contribution in [0.1, 0.15) is 0 Å². The van der Waals surface area contributed by atoms with Gasteiger partial charge in [-0.2, -0.15) is 18.2 Å². The van der Waals surface area contributed by atoms with Crippen LogP contribution < -0.4 is 9.30 Å². The maximum atomic E-state index is 6.81. The molecule has 0 radical (unpaired) electrons. The molecule has 6 nitrogen and oxygen atoms in total. The molecule has 0 unspecified atom stereocenters. The molecule has 7 heteroatoms. The summed E-state index contributed by atoms with van der Waals surface area (Å²) in [5.74, 6) is 1.84. The molecule has 4 heterocycles. The summed E-state index contributed by atoms with van der Waals surface area (Å²) in [5, 5.41) is 4.18. The zero-order valence-corrected chi connectivity index (χ0v) is 47.9. The molecular formula is C78H48N4O2Pt-2. The van der Waals surface area contributed by atoms with Gasteiger partial charge >= 0.3 is 0 Å². The van der Waals surface area contributed by atoms with Crippen molar-refractivity contribution in [2.24, 2.45) is 0 Å². The van der Waals surface area contributed by atoms with Gasteiger partial charge in [0.2, 0.25) is 0 Å². The van der Waals surface area contributed by atoms with Gasteiger partial charge < -0.3 is 18.3 Å². The normalized spacial score (nSPS) is 11.4. The number of imidazole rings is 1. The third-order valence-corrected chi connectivity index (χ3v) is 16.0. The van der Waals surface area contributed by atoms with Crippen LogP contribution in [0.25, 0.3) is 139 Å². The second-order valence-electron chi connectivity index (χ2n) is 21.1. The maximum Gasteiger partial charge on any atom is 0.268 e. The van der Waals surface area contributed by atoms with Gasteiger partial charge in [-0.25, -0.2) is 4.98 Å². The van der Waals surface area contributed by atoms with E-state index in [0.29, 0.717) is 11.5 Å². The third-order valence-electron chi connectivity index (χ3n) is 16.0. The molecule has 0 aliphatic rings. The molecule has 4 aromatic heterocycles. The third kappa shape index (κ3) is 9.30. The standard InChI is InChI=1S/C78H48N4O2.Pt/c1-5-21-52(22-6-1)56-41-57(53-23-7-2-8-24-53)44-60(43-56)65-33-20-34-66(61-45-58(54-25-9-3-10-26-54)42-59(46-61)55-27-11-4-12-28-55)78(65)81-51-80(72-36-16-17-37-73(72)81)62-29-19-30-63(47-62)83-64-39-40-68-67-31-13-15-35-71(67)82(74(68)48-64)77-49-70-69-32-14-18-38-75(69)84-76(70)50-79-77;/h1-46,49-50H;/q-2;. The summed E-state index contributed by atoms with van der Waals surface area (Å²) in [4.78, 5) is 4.96. The van der Waals surface area contributed by atoms with Crippen LogP contribution in [0, 0.1) is 18.5 Å². The van der Waals surface area contributed by atoms with E-state index < -0.39 is 0 Å². The van der Waals surface area contributed by atoms with Crippen molar-refractivity contribution in [3.8, 4) is 95.5 Å². The molecule has 404 valence electrons. The van der Waals surface area contributed by atoms with E-state index in [-0.39, 0.29) is 21.1 Å². The predicted octanol–water partition coefficient (Wildman–Crippen LogP) is 19.5. The summed E-state index contributed by atoms with van der Waals surface area (Å²) in [5.41, 5.74) is 20.4. The number of fused-ring (bicyclic) bond motifs is 7. The van der Waals surface area contributed by atoms with Gasteiger partial charge in [0.1, 0.15) is 11.4 Å². The predicted molar refractivity (Wildman–Crippen MR) is 340 cm³/mol. The summed E-state index contributed by atoms with van der Waals surface area (Å²) in [7, 11) is 0. The van der Waals surface area contributed by atoms with Crippen molar-refractivity contribution in [3.05, 3.63) is 310 Å². The molecule has 0 spiro atoms. The topological polar surface area (TPSA) is 49.0 Å². The maximum absolute atomic E-state index is 6.81. The second kappa shape index (κ2) is 21.6. The average Bonchev–Trinajstić information content (AvgIpc) is 2.59. The zero-order valence-electron chi connectivity index (χ0n) is 45.6. The Labute approximate surface area is 505 Å². The van der Waals surface area contributed by atoms with Crippen molar-refractivity contribution in [1.29, 1.82) is 0 Å². The molecule has 0 atom stereocenters. The minimum atomic E-state index is 0. The van der Waals surface area contributed by atoms with E-state index in [2.05, 4.69) is 281 Å². The Morgan fingerprint density at radius 2 is 0.882 bits per heavy atom. The molecule has 0 bridgehead atoms. The molecule has 0 saturated carbocycles. The van der Waals surface area contributed by atoms with Crippen molar-refractivity contribution in [3.63, 3.8) is 0 Å². The number of nitrogens with zero attached hydrogens (tertiary/aromatic N) is 4. The largest absolute Gasteiger partial charge is 0.510 e. The number of benzene rings is 12. The number of furan rings is 1. The number of aromatic nitrogens is 4. The monoisotopic (exact) mass is 1270 g/mol. The smallest absolute Gasteiger partial charge is 0.268 e. The first-order valence-electron chi connectivity index (χ1n) is 28.2. The Morgan fingerprint density at radius 1 is 0.376 bits per heavy atom. The van der Waals surface area contributed by atoms with Crippen molar-refractivity contribution < 1.29 is 34.8 Å². The van der Waals surface area contributed by atoms with Gasteiger partial charge in [0.25, 0.3) is 6.33 Å². The van der Waals surface area contributed by atoms with Crippen LogP contribution in [0.2, 0.25) is 0 Å². The quantitative estimate of drug-likeness (QED) is 0.0958. The van der Waals surface area contributed by atoms with Gasteiger partial charge in [-0.3, -0.25) is 4.57 Å². The van der Waals surface area contributed by atoms with Crippen molar-refractivity contribution in [2.45, 2.75) is 0 Å². The van der Waals surface area contributed by atoms with Crippen LogP contribution >= 0.6 is 0 Å². The molecule has 0 aliphatic heterocycles. The van der Waals surface area contributed by atoms with Crippen molar-refractivity contribution in [1.82, 2.24) is 14.1 Å². The molecule has 0 amide bonds. The fourth-order valence-corrected chi connectivity index (χ4v) is 12.1. The number of ether oxygens (including phenoxy) is 1. The van der Waals surface area contributed by atoms with Gasteiger partial charge in [0.05, 0.1) is 22.9 Å². The van der Waals surface area contributed by atoms with E-state index >= 15 is 0 Å². The number of hydrogen-bond donors (Lipinski definition) is 0. The van der Waals surface area contributed by atoms with Gasteiger partial charge in [0.15, 0.2) is 5.58 Å².